The van der Waals surface area contributed by atoms with E-state index in [1.807, 2.05) is 0 Å². The van der Waals surface area contributed by atoms with Crippen molar-refractivity contribution in [2.24, 2.45) is 0 Å². The molecule has 0 unspecified atom stereocenters. The van der Waals surface area contributed by atoms with Crippen molar-refractivity contribution in [2.45, 2.75) is 119 Å². The Hall–Kier alpha value is -0.245. The summed E-state index contributed by atoms with van der Waals surface area (Å²) in [7, 11) is -0.367. The Balaban J connectivity index is 1.90. The van der Waals surface area contributed by atoms with Crippen molar-refractivity contribution in [1.82, 2.24) is 0 Å². The predicted octanol–water partition coefficient (Wildman–Crippen LogP) is 6.64. The van der Waals surface area contributed by atoms with E-state index >= 15 is 0 Å². The van der Waals surface area contributed by atoms with E-state index < -0.39 is 19.3 Å². The van der Waals surface area contributed by atoms with Crippen LogP contribution in [-0.4, -0.2) is 36.3 Å². The Morgan fingerprint density at radius 1 is 0.704 bits per heavy atom. The van der Waals surface area contributed by atoms with Gasteiger partial charge < -0.3 is 4.65 Å². The molecule has 3 aliphatic carbocycles. The molecule has 3 rings (SSSR count). The topological polar surface area (TPSA) is 26.3 Å². The monoisotopic (exact) mass is 404 g/mol. The van der Waals surface area contributed by atoms with E-state index in [9.17, 15) is 18.0 Å². The molecule has 0 aromatic heterocycles. The van der Waals surface area contributed by atoms with Gasteiger partial charge in [0.1, 0.15) is 0 Å². The molecule has 0 N–H and O–H groups in total. The Kier molecular flexibility index (Phi) is 7.55. The van der Waals surface area contributed by atoms with Gasteiger partial charge in [-0.15, -0.1) is 0 Å². The van der Waals surface area contributed by atoms with Gasteiger partial charge in [0, 0.05) is 17.0 Å². The molecule has 0 aromatic rings. The summed E-state index contributed by atoms with van der Waals surface area (Å²) in [5.74, 6) is -2.02. The van der Waals surface area contributed by atoms with Gasteiger partial charge in [-0.25, -0.2) is 4.79 Å². The summed E-state index contributed by atoms with van der Waals surface area (Å²) < 4.78 is 43.6. The first-order chi connectivity index (χ1) is 12.9. The van der Waals surface area contributed by atoms with Crippen molar-refractivity contribution in [2.75, 3.05) is 0 Å². The van der Waals surface area contributed by atoms with E-state index in [4.69, 9.17) is 4.65 Å². The number of hydrogen-bond donors (Lipinski definition) is 0. The fourth-order valence-corrected chi connectivity index (χ4v) is 12.3. The minimum absolute atomic E-state index is 0.471. The van der Waals surface area contributed by atoms with E-state index in [1.165, 1.54) is 57.8 Å². The van der Waals surface area contributed by atoms with Crippen LogP contribution in [0.5, 0.6) is 0 Å². The molecule has 0 bridgehead atoms. The van der Waals surface area contributed by atoms with Gasteiger partial charge in [0.15, 0.2) is 7.20 Å². The third-order valence-corrected chi connectivity index (χ3v) is 13.0. The van der Waals surface area contributed by atoms with Gasteiger partial charge in [-0.2, -0.15) is 20.3 Å². The second-order valence-electron chi connectivity index (χ2n) is 8.78. The SMILES string of the molecule is O=C(O[B-][P+](C1CCCCC1)(C1CCCCC1)C1CCCCC1)C(F)(F)F. The number of alkyl halides is 3. The highest BCUT2D eigenvalue weighted by atomic mass is 31.2. The van der Waals surface area contributed by atoms with Crippen LogP contribution in [0.25, 0.3) is 0 Å². The van der Waals surface area contributed by atoms with E-state index in [-0.39, 0.29) is 0 Å². The fraction of sp³-hybridized carbons (Fsp3) is 0.950. The lowest BCUT2D eigenvalue weighted by Gasteiger charge is -2.56. The van der Waals surface area contributed by atoms with Crippen molar-refractivity contribution < 1.29 is 22.6 Å². The minimum Gasteiger partial charge on any atom is -0.692 e. The van der Waals surface area contributed by atoms with Gasteiger partial charge >= 0.3 is 12.1 Å². The van der Waals surface area contributed by atoms with E-state index in [0.717, 1.165) is 38.5 Å². The van der Waals surface area contributed by atoms with Crippen LogP contribution < -0.4 is 0 Å². The van der Waals surface area contributed by atoms with Crippen molar-refractivity contribution in [1.29, 1.82) is 0 Å². The Morgan fingerprint density at radius 2 is 1.04 bits per heavy atom. The zero-order chi connectivity index (χ0) is 19.3. The second-order valence-corrected chi connectivity index (χ2v) is 13.0. The summed E-state index contributed by atoms with van der Waals surface area (Å²) in [4.78, 5) is 11.6. The lowest BCUT2D eigenvalue weighted by Crippen LogP contribution is -2.41. The average Bonchev–Trinajstić information content (AvgIpc) is 2.70. The molecule has 154 valence electrons. The molecule has 0 heterocycles. The zero-order valence-electron chi connectivity index (χ0n) is 16.3. The molecule has 27 heavy (non-hydrogen) atoms. The summed E-state index contributed by atoms with van der Waals surface area (Å²) >= 11 is 0. The number of hydrogen-bond acceptors (Lipinski definition) is 2. The summed E-state index contributed by atoms with van der Waals surface area (Å²) in [6.45, 7) is 0. The van der Waals surface area contributed by atoms with Gasteiger partial charge in [-0.05, 0) is 77.0 Å². The highest BCUT2D eigenvalue weighted by molar-refractivity contribution is 8.01. The van der Waals surface area contributed by atoms with Gasteiger partial charge in [-0.1, -0.05) is 19.3 Å². The molecule has 2 radical (unpaired) electrons. The molecule has 7 heteroatoms. The van der Waals surface area contributed by atoms with Crippen molar-refractivity contribution in [3.05, 3.63) is 0 Å². The molecule has 0 atom stereocenters. The van der Waals surface area contributed by atoms with E-state index in [2.05, 4.69) is 0 Å². The van der Waals surface area contributed by atoms with Crippen LogP contribution in [0.15, 0.2) is 0 Å². The summed E-state index contributed by atoms with van der Waals surface area (Å²) in [5.41, 5.74) is 1.41. The number of carbonyl (C=O) groups excluding carboxylic acids is 1. The van der Waals surface area contributed by atoms with Crippen LogP contribution in [0.1, 0.15) is 96.3 Å². The third-order valence-electron chi connectivity index (χ3n) is 7.20. The average molecular weight is 404 g/mol. The first kappa shape index (κ1) is 21.5. The lowest BCUT2D eigenvalue weighted by molar-refractivity contribution is -0.189. The molecule has 2 nitrogen and oxygen atoms in total. The first-order valence-electron chi connectivity index (χ1n) is 10.9. The molecule has 0 amide bonds. The molecule has 0 saturated heterocycles. The van der Waals surface area contributed by atoms with Crippen molar-refractivity contribution >= 4 is 20.3 Å². The van der Waals surface area contributed by atoms with Gasteiger partial charge in [0.2, 0.25) is 0 Å². The molecular formula is C20H33BF3O2P. The van der Waals surface area contributed by atoms with Crippen molar-refractivity contribution in [3.8, 4) is 0 Å². The van der Waals surface area contributed by atoms with Gasteiger partial charge in [-0.3, -0.25) is 0 Å². The lowest BCUT2D eigenvalue weighted by atomic mass is 9.98. The van der Waals surface area contributed by atoms with Crippen LogP contribution in [0.4, 0.5) is 13.2 Å². The second kappa shape index (κ2) is 9.50. The van der Waals surface area contributed by atoms with Crippen LogP contribution in [0.2, 0.25) is 0 Å². The molecule has 3 aliphatic rings. The Bertz CT molecular complexity index is 437. The molecule has 3 fully saturated rings. The van der Waals surface area contributed by atoms with Crippen LogP contribution in [0, 0.1) is 0 Å². The van der Waals surface area contributed by atoms with E-state index in [0.29, 0.717) is 17.0 Å². The highest BCUT2D eigenvalue weighted by Gasteiger charge is 2.51. The highest BCUT2D eigenvalue weighted by Crippen LogP contribution is 2.76. The smallest absolute Gasteiger partial charge is 0.486 e. The maximum atomic E-state index is 12.9. The standard InChI is InChI=1S/C20H33BF3O2P/c22-20(23,24)19(25)26-21-27(16-10-4-1-5-11-16,17-12-6-2-7-13-17)18-14-8-3-9-15-18/h16-18H,1-15H2. The van der Waals surface area contributed by atoms with Crippen LogP contribution in [-0.2, 0) is 9.45 Å². The first-order valence-corrected chi connectivity index (χ1v) is 13.0. The van der Waals surface area contributed by atoms with Gasteiger partial charge in [0.05, 0.1) is 0 Å². The van der Waals surface area contributed by atoms with E-state index in [1.54, 1.807) is 7.20 Å². The van der Waals surface area contributed by atoms with Crippen LogP contribution >= 0.6 is 7.14 Å². The largest absolute Gasteiger partial charge is 0.692 e. The van der Waals surface area contributed by atoms with Crippen molar-refractivity contribution in [3.63, 3.8) is 0 Å². The molecule has 0 aliphatic heterocycles. The number of halogens is 3. The molecular weight excluding hydrogens is 371 g/mol. The Morgan fingerprint density at radius 3 is 1.33 bits per heavy atom. The van der Waals surface area contributed by atoms with Gasteiger partial charge in [0.25, 0.3) is 0 Å². The number of carbonyl (C=O) groups is 1. The molecule has 0 aromatic carbocycles. The summed E-state index contributed by atoms with van der Waals surface area (Å²) in [5, 5.41) is 0. The zero-order valence-corrected chi connectivity index (χ0v) is 17.2. The molecule has 3 saturated carbocycles. The Labute approximate surface area is 162 Å². The maximum Gasteiger partial charge on any atom is 0.486 e. The normalized spacial score (nSPS) is 24.7. The fourth-order valence-electron chi connectivity index (χ4n) is 5.94. The third kappa shape index (κ3) is 5.03. The maximum absolute atomic E-state index is 12.9. The number of rotatable bonds is 5. The summed E-state index contributed by atoms with van der Waals surface area (Å²) in [6, 6.07) is 0. The summed E-state index contributed by atoms with van der Waals surface area (Å²) in [6.07, 6.45) is 12.5. The van der Waals surface area contributed by atoms with Crippen LogP contribution in [0.3, 0.4) is 0 Å². The predicted molar refractivity (Wildman–Crippen MR) is 105 cm³/mol. The minimum atomic E-state index is -4.90. The quantitative estimate of drug-likeness (QED) is 0.379. The molecule has 0 spiro atoms.